The maximum atomic E-state index is 12.7. The van der Waals surface area contributed by atoms with E-state index in [1.807, 2.05) is 12.1 Å². The first kappa shape index (κ1) is 20.9. The Hall–Kier alpha value is -2.34. The highest BCUT2D eigenvalue weighted by atomic mass is 16.4. The van der Waals surface area contributed by atoms with E-state index in [4.69, 9.17) is 10.2 Å². The molecule has 30 heavy (non-hydrogen) atoms. The van der Waals surface area contributed by atoms with Gasteiger partial charge in [-0.25, -0.2) is 0 Å². The zero-order chi connectivity index (χ0) is 21.6. The molecule has 1 saturated heterocycles. The average Bonchev–Trinajstić information content (AvgIpc) is 3.10. The molecule has 1 fully saturated rings. The molecule has 1 amide bonds. The van der Waals surface area contributed by atoms with Crippen LogP contribution in [0.4, 0.5) is 0 Å². The van der Waals surface area contributed by atoms with Crippen LogP contribution in [0.2, 0.25) is 0 Å². The molecule has 0 saturated carbocycles. The first-order valence-electron chi connectivity index (χ1n) is 11.1. The lowest BCUT2D eigenvalue weighted by atomic mass is 9.77. The second-order valence-electron chi connectivity index (χ2n) is 9.98. The van der Waals surface area contributed by atoms with Crippen LogP contribution >= 0.6 is 0 Å². The van der Waals surface area contributed by atoms with Gasteiger partial charge in [-0.1, -0.05) is 40.2 Å². The van der Waals surface area contributed by atoms with Gasteiger partial charge in [0.25, 0.3) is 11.5 Å². The Morgan fingerprint density at radius 2 is 2.03 bits per heavy atom. The number of nitrogens with two attached hydrogens (primary N) is 1. The second kappa shape index (κ2) is 7.73. The molecule has 4 rings (SSSR count). The smallest absolute Gasteiger partial charge is 0.284 e. The number of furan rings is 1. The fraction of sp³-hybridized carbons (Fsp3) is 0.583. The van der Waals surface area contributed by atoms with Crippen molar-refractivity contribution in [3.05, 3.63) is 57.4 Å². The standard InChI is InChI=1S/C24H33N3O3/c1-5-7-18-15-10-16(19-8-6-9-21(28)27(18)19)13-26(12-15)14-17-11-20(23(25)29)30-22(17)24(2,3)4/h6,8-9,11,15-16,18H,5,7,10,12-14H2,1-4H3,(H2,25,29)/t15-,16+,18-/m0/s1. The number of hydrogen-bond donors (Lipinski definition) is 1. The van der Waals surface area contributed by atoms with Gasteiger partial charge in [-0.3, -0.25) is 14.5 Å². The number of pyridine rings is 1. The Bertz CT molecular complexity index is 998. The van der Waals surface area contributed by atoms with Gasteiger partial charge in [-0.15, -0.1) is 0 Å². The van der Waals surface area contributed by atoms with Gasteiger partial charge < -0.3 is 14.7 Å². The highest BCUT2D eigenvalue weighted by Crippen LogP contribution is 2.43. The lowest BCUT2D eigenvalue weighted by Gasteiger charge is -2.47. The van der Waals surface area contributed by atoms with Crippen molar-refractivity contribution in [3.8, 4) is 0 Å². The molecule has 2 bridgehead atoms. The van der Waals surface area contributed by atoms with E-state index in [1.54, 1.807) is 6.07 Å². The second-order valence-corrected chi connectivity index (χ2v) is 9.98. The zero-order valence-electron chi connectivity index (χ0n) is 18.5. The van der Waals surface area contributed by atoms with E-state index in [-0.39, 0.29) is 22.8 Å². The van der Waals surface area contributed by atoms with Gasteiger partial charge >= 0.3 is 0 Å². The van der Waals surface area contributed by atoms with E-state index in [0.29, 0.717) is 11.8 Å². The number of amides is 1. The quantitative estimate of drug-likeness (QED) is 0.811. The Labute approximate surface area is 178 Å². The van der Waals surface area contributed by atoms with E-state index in [2.05, 4.69) is 43.2 Å². The number of carbonyl (C=O) groups is 1. The van der Waals surface area contributed by atoms with Gasteiger partial charge in [-0.05, 0) is 30.9 Å². The SMILES string of the molecule is CCC[C@H]1[C@H]2C[C@H](CN(Cc3cc(C(N)=O)oc3C(C)(C)C)C2)c2cccc(=O)n21. The molecule has 2 aromatic heterocycles. The Morgan fingerprint density at radius 1 is 1.27 bits per heavy atom. The van der Waals surface area contributed by atoms with Gasteiger partial charge in [0.05, 0.1) is 0 Å². The van der Waals surface area contributed by atoms with Crippen LogP contribution in [0.3, 0.4) is 0 Å². The summed E-state index contributed by atoms with van der Waals surface area (Å²) < 4.78 is 7.93. The molecule has 0 aromatic carbocycles. The van der Waals surface area contributed by atoms with Gasteiger partial charge in [0.1, 0.15) is 5.76 Å². The largest absolute Gasteiger partial charge is 0.455 e. The fourth-order valence-electron chi connectivity index (χ4n) is 5.47. The first-order valence-corrected chi connectivity index (χ1v) is 11.1. The van der Waals surface area contributed by atoms with Crippen LogP contribution < -0.4 is 11.3 Å². The van der Waals surface area contributed by atoms with E-state index < -0.39 is 5.91 Å². The van der Waals surface area contributed by atoms with Crippen molar-refractivity contribution in [2.45, 2.75) is 70.9 Å². The number of piperidine rings is 1. The summed E-state index contributed by atoms with van der Waals surface area (Å²) in [6.45, 7) is 11.0. The van der Waals surface area contributed by atoms with Crippen molar-refractivity contribution >= 4 is 5.91 Å². The third-order valence-electron chi connectivity index (χ3n) is 6.59. The number of fused-ring (bicyclic) bond motifs is 4. The Morgan fingerprint density at radius 3 is 2.70 bits per heavy atom. The molecule has 2 aliphatic heterocycles. The number of hydrogen-bond acceptors (Lipinski definition) is 4. The maximum absolute atomic E-state index is 12.7. The molecule has 162 valence electrons. The van der Waals surface area contributed by atoms with E-state index in [0.717, 1.165) is 50.2 Å². The molecular formula is C24H33N3O3. The molecule has 4 heterocycles. The third-order valence-corrected chi connectivity index (χ3v) is 6.59. The summed E-state index contributed by atoms with van der Waals surface area (Å²) in [5, 5.41) is 0. The number of nitrogens with zero attached hydrogens (tertiary/aromatic N) is 2. The van der Waals surface area contributed by atoms with Crippen molar-refractivity contribution < 1.29 is 9.21 Å². The number of aromatic nitrogens is 1. The number of primary amides is 1. The first-order chi connectivity index (χ1) is 14.2. The minimum atomic E-state index is -0.529. The summed E-state index contributed by atoms with van der Waals surface area (Å²) in [5.41, 5.74) is 7.61. The minimum absolute atomic E-state index is 0.130. The zero-order valence-corrected chi connectivity index (χ0v) is 18.5. The van der Waals surface area contributed by atoms with Crippen LogP contribution in [0, 0.1) is 5.92 Å². The van der Waals surface area contributed by atoms with Gasteiger partial charge in [0.15, 0.2) is 5.76 Å². The topological polar surface area (TPSA) is 81.5 Å². The van der Waals surface area contributed by atoms with Gasteiger partial charge in [-0.2, -0.15) is 0 Å². The maximum Gasteiger partial charge on any atom is 0.284 e. The van der Waals surface area contributed by atoms with E-state index in [1.165, 1.54) is 5.69 Å². The van der Waals surface area contributed by atoms with Crippen LogP contribution in [0.15, 0.2) is 33.5 Å². The van der Waals surface area contributed by atoms with Crippen molar-refractivity contribution in [1.82, 2.24) is 9.47 Å². The number of rotatable bonds is 5. The van der Waals surface area contributed by atoms with Crippen molar-refractivity contribution in [2.24, 2.45) is 11.7 Å². The molecule has 0 radical (unpaired) electrons. The number of carbonyl (C=O) groups excluding carboxylic acids is 1. The number of likely N-dealkylation sites (tertiary alicyclic amines) is 1. The highest BCUT2D eigenvalue weighted by Gasteiger charge is 2.40. The third kappa shape index (κ3) is 3.73. The summed E-state index contributed by atoms with van der Waals surface area (Å²) in [7, 11) is 0. The van der Waals surface area contributed by atoms with Crippen LogP contribution in [0.5, 0.6) is 0 Å². The molecule has 2 aromatic rings. The molecule has 0 spiro atoms. The summed E-state index contributed by atoms with van der Waals surface area (Å²) in [6, 6.07) is 7.78. The van der Waals surface area contributed by atoms with Crippen LogP contribution in [0.1, 0.15) is 86.5 Å². The molecule has 2 aliphatic rings. The van der Waals surface area contributed by atoms with Crippen molar-refractivity contribution in [1.29, 1.82) is 0 Å². The van der Waals surface area contributed by atoms with Crippen LogP contribution in [-0.4, -0.2) is 28.5 Å². The summed E-state index contributed by atoms with van der Waals surface area (Å²) in [5.74, 6) is 1.34. The van der Waals surface area contributed by atoms with Crippen molar-refractivity contribution in [2.75, 3.05) is 13.1 Å². The van der Waals surface area contributed by atoms with E-state index >= 15 is 0 Å². The molecule has 6 nitrogen and oxygen atoms in total. The van der Waals surface area contributed by atoms with Crippen LogP contribution in [0.25, 0.3) is 0 Å². The van der Waals surface area contributed by atoms with Gasteiger partial charge in [0, 0.05) is 54.3 Å². The molecule has 2 N–H and O–H groups in total. The lowest BCUT2D eigenvalue weighted by Crippen LogP contribution is -2.49. The molecule has 0 unspecified atom stereocenters. The highest BCUT2D eigenvalue weighted by molar-refractivity contribution is 5.90. The fourth-order valence-corrected chi connectivity index (χ4v) is 5.47. The molecule has 6 heteroatoms. The summed E-state index contributed by atoms with van der Waals surface area (Å²) in [4.78, 5) is 26.8. The average molecular weight is 412 g/mol. The summed E-state index contributed by atoms with van der Waals surface area (Å²) >= 11 is 0. The normalized spacial score (nSPS) is 23.9. The predicted octanol–water partition coefficient (Wildman–Crippen LogP) is 3.80. The van der Waals surface area contributed by atoms with Crippen LogP contribution in [-0.2, 0) is 12.0 Å². The van der Waals surface area contributed by atoms with Gasteiger partial charge in [0.2, 0.25) is 0 Å². The lowest BCUT2D eigenvalue weighted by molar-refractivity contribution is 0.0811. The van der Waals surface area contributed by atoms with Crippen molar-refractivity contribution in [3.63, 3.8) is 0 Å². The Kier molecular flexibility index (Phi) is 5.39. The Balaban J connectivity index is 1.66. The molecule has 0 aliphatic carbocycles. The summed E-state index contributed by atoms with van der Waals surface area (Å²) in [6.07, 6.45) is 3.21. The molecular weight excluding hydrogens is 378 g/mol. The predicted molar refractivity (Wildman–Crippen MR) is 117 cm³/mol. The monoisotopic (exact) mass is 411 g/mol. The van der Waals surface area contributed by atoms with E-state index in [9.17, 15) is 9.59 Å². The minimum Gasteiger partial charge on any atom is -0.455 e. The molecule has 3 atom stereocenters.